The van der Waals surface area contributed by atoms with Gasteiger partial charge in [0.25, 0.3) is 0 Å². The maximum atomic E-state index is 8.54. The molecule has 2 N–H and O–H groups in total. The minimum absolute atomic E-state index is 0.243. The van der Waals surface area contributed by atoms with Crippen molar-refractivity contribution in [1.82, 2.24) is 9.97 Å². The lowest BCUT2D eigenvalue weighted by atomic mass is 10.1. The Labute approximate surface area is 106 Å². The summed E-state index contributed by atoms with van der Waals surface area (Å²) in [6.45, 7) is 3.67. The number of rotatable bonds is 4. The van der Waals surface area contributed by atoms with Crippen LogP contribution in [0.1, 0.15) is 18.7 Å². The Balaban J connectivity index is 2.02. The van der Waals surface area contributed by atoms with Crippen LogP contribution in [0.25, 0.3) is 0 Å². The van der Waals surface area contributed by atoms with E-state index >= 15 is 0 Å². The lowest BCUT2D eigenvalue weighted by molar-refractivity contribution is 0.0904. The Morgan fingerprint density at radius 1 is 1.39 bits per heavy atom. The molecule has 0 radical (unpaired) electrons. The lowest BCUT2D eigenvalue weighted by Gasteiger charge is -2.23. The highest BCUT2D eigenvalue weighted by atomic mass is 16.5. The minimum Gasteiger partial charge on any atom is -0.381 e. The maximum absolute atomic E-state index is 8.54. The number of nitriles is 1. The first-order chi connectivity index (χ1) is 8.78. The molecule has 0 aliphatic carbocycles. The third-order valence-electron chi connectivity index (χ3n) is 2.76. The van der Waals surface area contributed by atoms with Crippen molar-refractivity contribution >= 4 is 11.6 Å². The third-order valence-corrected chi connectivity index (χ3v) is 2.76. The summed E-state index contributed by atoms with van der Waals surface area (Å²) in [6, 6.07) is 4.26. The fourth-order valence-corrected chi connectivity index (χ4v) is 1.91. The maximum Gasteiger partial charge on any atom is 0.132 e. The van der Waals surface area contributed by atoms with Crippen molar-refractivity contribution in [2.75, 3.05) is 30.4 Å². The van der Waals surface area contributed by atoms with Gasteiger partial charge in [-0.05, 0) is 19.8 Å². The summed E-state index contributed by atoms with van der Waals surface area (Å²) >= 11 is 0. The van der Waals surface area contributed by atoms with Gasteiger partial charge >= 0.3 is 0 Å². The van der Waals surface area contributed by atoms with Crippen molar-refractivity contribution in [2.45, 2.75) is 25.8 Å². The minimum atomic E-state index is 0.243. The van der Waals surface area contributed by atoms with Gasteiger partial charge < -0.3 is 15.4 Å². The third kappa shape index (κ3) is 3.57. The number of anilines is 2. The molecule has 1 aromatic heterocycles. The molecule has 0 aromatic carbocycles. The van der Waals surface area contributed by atoms with Gasteiger partial charge in [0.1, 0.15) is 24.0 Å². The van der Waals surface area contributed by atoms with Gasteiger partial charge in [0.05, 0.1) is 6.07 Å². The molecule has 1 aliphatic heterocycles. The van der Waals surface area contributed by atoms with E-state index in [0.717, 1.165) is 31.9 Å². The zero-order valence-electron chi connectivity index (χ0n) is 10.4. The van der Waals surface area contributed by atoms with E-state index in [0.29, 0.717) is 17.7 Å². The molecular formula is C12H17N5O. The average molecular weight is 247 g/mol. The molecule has 1 aliphatic rings. The summed E-state index contributed by atoms with van der Waals surface area (Å²) in [5, 5.41) is 14.9. The molecule has 2 heterocycles. The summed E-state index contributed by atoms with van der Waals surface area (Å²) in [4.78, 5) is 8.58. The van der Waals surface area contributed by atoms with Gasteiger partial charge in [-0.15, -0.1) is 0 Å². The van der Waals surface area contributed by atoms with Crippen LogP contribution in [0.2, 0.25) is 0 Å². The Hall–Kier alpha value is -1.87. The number of aromatic nitrogens is 2. The first-order valence-electron chi connectivity index (χ1n) is 6.09. The van der Waals surface area contributed by atoms with Crippen molar-refractivity contribution < 1.29 is 4.74 Å². The van der Waals surface area contributed by atoms with Crippen molar-refractivity contribution in [3.05, 3.63) is 11.9 Å². The topological polar surface area (TPSA) is 82.9 Å². The summed E-state index contributed by atoms with van der Waals surface area (Å²) in [6.07, 6.45) is 1.98. The first kappa shape index (κ1) is 12.6. The summed E-state index contributed by atoms with van der Waals surface area (Å²) in [5.41, 5.74) is 0. The van der Waals surface area contributed by atoms with Crippen LogP contribution >= 0.6 is 0 Å². The van der Waals surface area contributed by atoms with E-state index in [1.54, 1.807) is 0 Å². The molecule has 0 amide bonds. The van der Waals surface area contributed by atoms with E-state index in [2.05, 4.69) is 20.6 Å². The normalized spacial score (nSPS) is 16.0. The largest absolute Gasteiger partial charge is 0.381 e. The molecule has 1 fully saturated rings. The molecule has 1 aromatic rings. The Bertz CT molecular complexity index is 437. The fraction of sp³-hybridized carbons (Fsp3) is 0.583. The Morgan fingerprint density at radius 3 is 2.83 bits per heavy atom. The molecule has 2 rings (SSSR count). The average Bonchev–Trinajstić information content (AvgIpc) is 2.37. The highest BCUT2D eigenvalue weighted by molar-refractivity contribution is 5.48. The smallest absolute Gasteiger partial charge is 0.132 e. The number of hydrogen-bond donors (Lipinski definition) is 2. The molecule has 18 heavy (non-hydrogen) atoms. The van der Waals surface area contributed by atoms with Crippen LogP contribution in [0, 0.1) is 18.3 Å². The van der Waals surface area contributed by atoms with Crippen LogP contribution in [0.15, 0.2) is 6.07 Å². The molecule has 1 saturated heterocycles. The first-order valence-corrected chi connectivity index (χ1v) is 6.09. The lowest BCUT2D eigenvalue weighted by Crippen LogP contribution is -2.28. The molecule has 0 spiro atoms. The van der Waals surface area contributed by atoms with Crippen LogP contribution in [0.4, 0.5) is 11.6 Å². The molecular weight excluding hydrogens is 230 g/mol. The van der Waals surface area contributed by atoms with Crippen LogP contribution in [-0.2, 0) is 4.74 Å². The quantitative estimate of drug-likeness (QED) is 0.781. The van der Waals surface area contributed by atoms with Gasteiger partial charge in [-0.1, -0.05) is 0 Å². The highest BCUT2D eigenvalue weighted by Crippen LogP contribution is 2.16. The van der Waals surface area contributed by atoms with Crippen LogP contribution in [0.3, 0.4) is 0 Å². The number of aryl methyl sites for hydroxylation is 1. The SMILES string of the molecule is Cc1nc(NCC#N)cc(NC2CCOCC2)n1. The predicted molar refractivity (Wildman–Crippen MR) is 68.3 cm³/mol. The van der Waals surface area contributed by atoms with E-state index in [1.165, 1.54) is 0 Å². The van der Waals surface area contributed by atoms with E-state index < -0.39 is 0 Å². The zero-order valence-corrected chi connectivity index (χ0v) is 10.4. The molecule has 6 heteroatoms. The predicted octanol–water partition coefficient (Wildman–Crippen LogP) is 1.31. The van der Waals surface area contributed by atoms with Gasteiger partial charge in [-0.3, -0.25) is 0 Å². The molecule has 0 unspecified atom stereocenters. The summed E-state index contributed by atoms with van der Waals surface area (Å²) < 4.78 is 5.32. The van der Waals surface area contributed by atoms with Crippen LogP contribution in [0.5, 0.6) is 0 Å². The second kappa shape index (κ2) is 6.17. The van der Waals surface area contributed by atoms with Crippen LogP contribution in [-0.4, -0.2) is 35.8 Å². The van der Waals surface area contributed by atoms with Gasteiger partial charge in [0.2, 0.25) is 0 Å². The standard InChI is InChI=1S/C12H17N5O/c1-9-15-11(14-5-4-13)8-12(16-9)17-10-2-6-18-7-3-10/h8,10H,2-3,5-7H2,1H3,(H2,14,15,16,17). The van der Waals surface area contributed by atoms with E-state index in [1.807, 2.05) is 19.1 Å². The monoisotopic (exact) mass is 247 g/mol. The van der Waals surface area contributed by atoms with E-state index in [9.17, 15) is 0 Å². The van der Waals surface area contributed by atoms with Crippen molar-refractivity contribution in [3.63, 3.8) is 0 Å². The summed E-state index contributed by atoms with van der Waals surface area (Å²) in [7, 11) is 0. The van der Waals surface area contributed by atoms with Crippen molar-refractivity contribution in [1.29, 1.82) is 5.26 Å². The highest BCUT2D eigenvalue weighted by Gasteiger charge is 2.14. The Kier molecular flexibility index (Phi) is 4.31. The number of nitrogens with zero attached hydrogens (tertiary/aromatic N) is 3. The molecule has 0 saturated carbocycles. The van der Waals surface area contributed by atoms with E-state index in [-0.39, 0.29) is 6.54 Å². The van der Waals surface area contributed by atoms with Gasteiger partial charge in [-0.25, -0.2) is 9.97 Å². The Morgan fingerprint density at radius 2 is 2.11 bits per heavy atom. The molecule has 0 atom stereocenters. The van der Waals surface area contributed by atoms with Gasteiger partial charge in [-0.2, -0.15) is 5.26 Å². The van der Waals surface area contributed by atoms with Gasteiger partial charge in [0, 0.05) is 25.3 Å². The number of ether oxygens (including phenoxy) is 1. The number of hydrogen-bond acceptors (Lipinski definition) is 6. The second-order valence-corrected chi connectivity index (χ2v) is 4.23. The second-order valence-electron chi connectivity index (χ2n) is 4.23. The van der Waals surface area contributed by atoms with Gasteiger partial charge in [0.15, 0.2) is 0 Å². The molecule has 96 valence electrons. The number of nitrogens with one attached hydrogen (secondary N) is 2. The zero-order chi connectivity index (χ0) is 12.8. The van der Waals surface area contributed by atoms with Crippen LogP contribution < -0.4 is 10.6 Å². The van der Waals surface area contributed by atoms with Crippen molar-refractivity contribution in [2.24, 2.45) is 0 Å². The summed E-state index contributed by atoms with van der Waals surface area (Å²) in [5.74, 6) is 2.17. The fourth-order valence-electron chi connectivity index (χ4n) is 1.91. The molecule has 6 nitrogen and oxygen atoms in total. The molecule has 0 bridgehead atoms. The van der Waals surface area contributed by atoms with Crippen molar-refractivity contribution in [3.8, 4) is 6.07 Å². The van der Waals surface area contributed by atoms with E-state index in [4.69, 9.17) is 10.00 Å².